The van der Waals surface area contributed by atoms with Gasteiger partial charge in [0.05, 0.1) is 17.7 Å². The molecule has 0 radical (unpaired) electrons. The van der Waals surface area contributed by atoms with E-state index in [2.05, 4.69) is 15.6 Å². The monoisotopic (exact) mass is 340 g/mol. The average Bonchev–Trinajstić information content (AvgIpc) is 2.50. The number of halogens is 3. The minimum absolute atomic E-state index is 0.248. The number of benzene rings is 1. The summed E-state index contributed by atoms with van der Waals surface area (Å²) < 4.78 is 36.6. The normalized spacial score (nSPS) is 11.7. The molecule has 1 heterocycles. The number of hydrogen-bond donors (Lipinski definition) is 2. The molecule has 2 N–H and O–H groups in total. The maximum Gasteiger partial charge on any atom is 0.401 e. The van der Waals surface area contributed by atoms with Gasteiger partial charge in [0.15, 0.2) is 0 Å². The van der Waals surface area contributed by atoms with E-state index in [-0.39, 0.29) is 13.1 Å². The van der Waals surface area contributed by atoms with Crippen LogP contribution in [0.25, 0.3) is 10.9 Å². The first kappa shape index (κ1) is 18.0. The molecule has 0 aliphatic heterocycles. The highest BCUT2D eigenvalue weighted by Gasteiger charge is 2.28. The predicted octanol–water partition coefficient (Wildman–Crippen LogP) is 3.24. The first-order chi connectivity index (χ1) is 11.3. The molecule has 0 fully saturated rings. The Morgan fingerprint density at radius 2 is 2.04 bits per heavy atom. The highest BCUT2D eigenvalue weighted by molar-refractivity contribution is 6.00. The van der Waals surface area contributed by atoms with Crippen molar-refractivity contribution < 1.29 is 18.0 Å². The van der Waals surface area contributed by atoms with E-state index in [0.717, 1.165) is 10.9 Å². The molecular formula is C16H19F3N4O. The summed E-state index contributed by atoms with van der Waals surface area (Å²) in [5.41, 5.74) is 1.40. The van der Waals surface area contributed by atoms with Gasteiger partial charge in [-0.25, -0.2) is 4.79 Å². The van der Waals surface area contributed by atoms with Gasteiger partial charge < -0.3 is 10.6 Å². The second-order valence-corrected chi connectivity index (χ2v) is 5.46. The van der Waals surface area contributed by atoms with E-state index in [9.17, 15) is 18.0 Å². The smallest absolute Gasteiger partial charge is 0.338 e. The van der Waals surface area contributed by atoms with Gasteiger partial charge in [-0.3, -0.25) is 9.88 Å². The van der Waals surface area contributed by atoms with E-state index in [4.69, 9.17) is 0 Å². The number of aromatic nitrogens is 1. The molecule has 8 heteroatoms. The lowest BCUT2D eigenvalue weighted by Gasteiger charge is -2.18. The lowest BCUT2D eigenvalue weighted by atomic mass is 10.2. The number of amides is 2. The number of pyridine rings is 1. The molecular weight excluding hydrogens is 321 g/mol. The quantitative estimate of drug-likeness (QED) is 0.794. The van der Waals surface area contributed by atoms with Crippen LogP contribution in [0.2, 0.25) is 0 Å². The molecule has 2 aromatic rings. The van der Waals surface area contributed by atoms with Crippen LogP contribution in [-0.2, 0) is 0 Å². The van der Waals surface area contributed by atoms with Crippen LogP contribution >= 0.6 is 0 Å². The summed E-state index contributed by atoms with van der Waals surface area (Å²) in [6.07, 6.45) is -2.11. The van der Waals surface area contributed by atoms with Gasteiger partial charge in [-0.15, -0.1) is 0 Å². The fourth-order valence-corrected chi connectivity index (χ4v) is 2.31. The third kappa shape index (κ3) is 5.69. The van der Waals surface area contributed by atoms with Crippen LogP contribution in [0.3, 0.4) is 0 Å². The molecule has 1 aromatic heterocycles. The maximum atomic E-state index is 12.2. The third-order valence-corrected chi connectivity index (χ3v) is 3.35. The molecule has 24 heavy (non-hydrogen) atoms. The number of rotatable bonds is 6. The second-order valence-electron chi connectivity index (χ2n) is 5.46. The van der Waals surface area contributed by atoms with Gasteiger partial charge in [-0.2, -0.15) is 13.2 Å². The van der Waals surface area contributed by atoms with Crippen molar-refractivity contribution >= 4 is 22.6 Å². The molecule has 130 valence electrons. The van der Waals surface area contributed by atoms with Crippen molar-refractivity contribution in [1.82, 2.24) is 15.2 Å². The molecule has 0 saturated heterocycles. The number of anilines is 1. The largest absolute Gasteiger partial charge is 0.401 e. The standard InChI is InChI=1S/C16H19F3N4O/c1-23(11-16(17,18)19)10-4-9-21-15(24)22-14-7-2-6-13-12(14)5-3-8-20-13/h2-3,5-8H,4,9-11H2,1H3,(H2,21,22,24). The molecule has 0 unspecified atom stereocenters. The van der Waals surface area contributed by atoms with Crippen LogP contribution in [0.5, 0.6) is 0 Å². The first-order valence-corrected chi connectivity index (χ1v) is 7.49. The summed E-state index contributed by atoms with van der Waals surface area (Å²) in [6.45, 7) is -0.419. The van der Waals surface area contributed by atoms with E-state index in [1.807, 2.05) is 12.1 Å². The maximum absolute atomic E-state index is 12.2. The Hall–Kier alpha value is -2.35. The summed E-state index contributed by atoms with van der Waals surface area (Å²) in [6, 6.07) is 8.63. The minimum atomic E-state index is -4.21. The van der Waals surface area contributed by atoms with Crippen molar-refractivity contribution in [2.24, 2.45) is 0 Å². The Bertz CT molecular complexity index is 685. The highest BCUT2D eigenvalue weighted by atomic mass is 19.4. The van der Waals surface area contributed by atoms with Crippen LogP contribution in [-0.4, -0.2) is 48.8 Å². The Labute approximate surface area is 137 Å². The molecule has 0 atom stereocenters. The number of hydrogen-bond acceptors (Lipinski definition) is 3. The molecule has 0 spiro atoms. The Morgan fingerprint density at radius 1 is 1.25 bits per heavy atom. The van der Waals surface area contributed by atoms with Gasteiger partial charge in [0, 0.05) is 18.1 Å². The van der Waals surface area contributed by atoms with Crippen LogP contribution in [0, 0.1) is 0 Å². The molecule has 0 aliphatic carbocycles. The highest BCUT2D eigenvalue weighted by Crippen LogP contribution is 2.21. The van der Waals surface area contributed by atoms with Crippen LogP contribution in [0.15, 0.2) is 36.5 Å². The van der Waals surface area contributed by atoms with Crippen LogP contribution in [0.1, 0.15) is 6.42 Å². The third-order valence-electron chi connectivity index (χ3n) is 3.35. The average molecular weight is 340 g/mol. The molecule has 0 bridgehead atoms. The fourth-order valence-electron chi connectivity index (χ4n) is 2.31. The number of carbonyl (C=O) groups is 1. The number of carbonyl (C=O) groups excluding carboxylic acids is 1. The summed E-state index contributed by atoms with van der Waals surface area (Å²) in [5, 5.41) is 6.18. The number of urea groups is 1. The van der Waals surface area contributed by atoms with Gasteiger partial charge >= 0.3 is 12.2 Å². The van der Waals surface area contributed by atoms with Gasteiger partial charge in [0.25, 0.3) is 0 Å². The number of alkyl halides is 3. The van der Waals surface area contributed by atoms with Crippen LogP contribution in [0.4, 0.5) is 23.7 Å². The van der Waals surface area contributed by atoms with E-state index < -0.39 is 18.8 Å². The molecule has 1 aromatic carbocycles. The summed E-state index contributed by atoms with van der Waals surface area (Å²) >= 11 is 0. The zero-order valence-electron chi connectivity index (χ0n) is 13.2. The number of nitrogens with one attached hydrogen (secondary N) is 2. The van der Waals surface area contributed by atoms with Crippen molar-refractivity contribution in [3.8, 4) is 0 Å². The van der Waals surface area contributed by atoms with E-state index in [0.29, 0.717) is 12.1 Å². The van der Waals surface area contributed by atoms with Crippen LogP contribution < -0.4 is 10.6 Å². The zero-order chi connectivity index (χ0) is 17.6. The number of fused-ring (bicyclic) bond motifs is 1. The molecule has 5 nitrogen and oxygen atoms in total. The Kier molecular flexibility index (Phi) is 5.97. The predicted molar refractivity (Wildman–Crippen MR) is 86.9 cm³/mol. The first-order valence-electron chi connectivity index (χ1n) is 7.49. The SMILES string of the molecule is CN(CCCNC(=O)Nc1cccc2ncccc12)CC(F)(F)F. The summed E-state index contributed by atoms with van der Waals surface area (Å²) in [4.78, 5) is 17.3. The number of nitrogens with zero attached hydrogens (tertiary/aromatic N) is 2. The van der Waals surface area contributed by atoms with Crippen molar-refractivity contribution in [1.29, 1.82) is 0 Å². The summed E-state index contributed by atoms with van der Waals surface area (Å²) in [5.74, 6) is 0. The van der Waals surface area contributed by atoms with Crippen molar-refractivity contribution in [2.75, 3.05) is 32.0 Å². The fraction of sp³-hybridized carbons (Fsp3) is 0.375. The van der Waals surface area contributed by atoms with Gasteiger partial charge in [-0.05, 0) is 44.3 Å². The molecule has 2 rings (SSSR count). The molecule has 0 saturated carbocycles. The zero-order valence-corrected chi connectivity index (χ0v) is 13.2. The lowest BCUT2D eigenvalue weighted by molar-refractivity contribution is -0.143. The second kappa shape index (κ2) is 7.96. The molecule has 2 amide bonds. The molecule has 0 aliphatic rings. The van der Waals surface area contributed by atoms with Gasteiger partial charge in [0.2, 0.25) is 0 Å². The Balaban J connectivity index is 1.77. The van der Waals surface area contributed by atoms with E-state index in [1.165, 1.54) is 11.9 Å². The van der Waals surface area contributed by atoms with Gasteiger partial charge in [0.1, 0.15) is 0 Å². The van der Waals surface area contributed by atoms with Gasteiger partial charge in [-0.1, -0.05) is 6.07 Å². The lowest BCUT2D eigenvalue weighted by Crippen LogP contribution is -2.34. The van der Waals surface area contributed by atoms with E-state index in [1.54, 1.807) is 24.4 Å². The Morgan fingerprint density at radius 3 is 2.79 bits per heavy atom. The van der Waals surface area contributed by atoms with Crippen molar-refractivity contribution in [2.45, 2.75) is 12.6 Å². The van der Waals surface area contributed by atoms with Crippen molar-refractivity contribution in [3.63, 3.8) is 0 Å². The van der Waals surface area contributed by atoms with E-state index >= 15 is 0 Å². The topological polar surface area (TPSA) is 57.3 Å². The summed E-state index contributed by atoms with van der Waals surface area (Å²) in [7, 11) is 1.40. The van der Waals surface area contributed by atoms with Crippen molar-refractivity contribution in [3.05, 3.63) is 36.5 Å². The minimum Gasteiger partial charge on any atom is -0.338 e.